The summed E-state index contributed by atoms with van der Waals surface area (Å²) in [6, 6.07) is 8.44. The molecule has 0 radical (unpaired) electrons. The Balaban J connectivity index is 1.87. The van der Waals surface area contributed by atoms with Gasteiger partial charge in [-0.3, -0.25) is 0 Å². The maximum atomic E-state index is 5.02. The normalized spacial score (nSPS) is 11.3. The molecule has 0 aliphatic rings. The maximum absolute atomic E-state index is 5.02. The van der Waals surface area contributed by atoms with Gasteiger partial charge in [0.05, 0.1) is 17.6 Å². The number of fused-ring (bicyclic) bond motifs is 1. The first kappa shape index (κ1) is 16.0. The number of hydrogen-bond donors (Lipinski definition) is 1. The third-order valence-corrected chi connectivity index (χ3v) is 3.67. The average Bonchev–Trinajstić information content (AvgIpc) is 2.85. The Labute approximate surface area is 127 Å². The van der Waals surface area contributed by atoms with Crippen molar-refractivity contribution in [3.63, 3.8) is 0 Å². The number of nitrogens with zero attached hydrogens (tertiary/aromatic N) is 2. The summed E-state index contributed by atoms with van der Waals surface area (Å²) in [5, 5.41) is 3.39. The molecular weight excluding hydrogens is 262 g/mol. The van der Waals surface area contributed by atoms with Crippen molar-refractivity contribution in [3.8, 4) is 0 Å². The van der Waals surface area contributed by atoms with E-state index >= 15 is 0 Å². The van der Waals surface area contributed by atoms with Gasteiger partial charge in [0, 0.05) is 26.6 Å². The summed E-state index contributed by atoms with van der Waals surface area (Å²) in [6.45, 7) is 6.05. The van der Waals surface area contributed by atoms with Gasteiger partial charge in [0.2, 0.25) is 0 Å². The van der Waals surface area contributed by atoms with Crippen LogP contribution in [0.5, 0.6) is 0 Å². The van der Waals surface area contributed by atoms with Crippen molar-refractivity contribution < 1.29 is 4.74 Å². The molecule has 4 nitrogen and oxygen atoms in total. The molecule has 0 aliphatic heterocycles. The van der Waals surface area contributed by atoms with Gasteiger partial charge in [-0.05, 0) is 37.9 Å². The van der Waals surface area contributed by atoms with E-state index in [1.807, 2.05) is 0 Å². The highest BCUT2D eigenvalue weighted by atomic mass is 16.5. The Morgan fingerprint density at radius 1 is 1.19 bits per heavy atom. The third kappa shape index (κ3) is 4.55. The molecule has 0 aliphatic carbocycles. The van der Waals surface area contributed by atoms with Gasteiger partial charge in [-0.15, -0.1) is 0 Å². The standard InChI is InChI=1S/C17H27N3O/c1-3-13-20-16-9-5-4-8-15(16)19-17(20)10-6-7-11-18-12-14-21-2/h4-5,8-9,18H,3,6-7,10-14H2,1-2H3. The highest BCUT2D eigenvalue weighted by molar-refractivity contribution is 5.75. The lowest BCUT2D eigenvalue weighted by atomic mass is 10.2. The summed E-state index contributed by atoms with van der Waals surface area (Å²) in [5.41, 5.74) is 2.40. The summed E-state index contributed by atoms with van der Waals surface area (Å²) in [7, 11) is 1.74. The van der Waals surface area contributed by atoms with Crippen LogP contribution in [0.25, 0.3) is 11.0 Å². The van der Waals surface area contributed by atoms with Crippen LogP contribution in [-0.2, 0) is 17.7 Å². The Kier molecular flexibility index (Phi) is 6.70. The molecule has 1 N–H and O–H groups in total. The number of unbranched alkanes of at least 4 members (excludes halogenated alkanes) is 1. The molecule has 0 atom stereocenters. The second kappa shape index (κ2) is 8.80. The number of rotatable bonds is 10. The highest BCUT2D eigenvalue weighted by Gasteiger charge is 2.08. The fourth-order valence-corrected chi connectivity index (χ4v) is 2.62. The molecule has 0 amide bonds. The second-order valence-electron chi connectivity index (χ2n) is 5.37. The van der Waals surface area contributed by atoms with E-state index < -0.39 is 0 Å². The van der Waals surface area contributed by atoms with Crippen molar-refractivity contribution >= 4 is 11.0 Å². The lowest BCUT2D eigenvalue weighted by Crippen LogP contribution is -2.20. The minimum Gasteiger partial charge on any atom is -0.383 e. The average molecular weight is 289 g/mol. The van der Waals surface area contributed by atoms with Gasteiger partial charge in [0.1, 0.15) is 5.82 Å². The zero-order valence-corrected chi connectivity index (χ0v) is 13.3. The molecule has 0 saturated carbocycles. The molecule has 4 heteroatoms. The van der Waals surface area contributed by atoms with Gasteiger partial charge >= 0.3 is 0 Å². The fourth-order valence-electron chi connectivity index (χ4n) is 2.62. The van der Waals surface area contributed by atoms with Gasteiger partial charge < -0.3 is 14.6 Å². The van der Waals surface area contributed by atoms with Crippen LogP contribution in [0.3, 0.4) is 0 Å². The fraction of sp³-hybridized carbons (Fsp3) is 0.588. The Hall–Kier alpha value is -1.39. The number of methoxy groups -OCH3 is 1. The van der Waals surface area contributed by atoms with E-state index in [-0.39, 0.29) is 0 Å². The second-order valence-corrected chi connectivity index (χ2v) is 5.37. The van der Waals surface area contributed by atoms with Crippen LogP contribution in [0.2, 0.25) is 0 Å². The van der Waals surface area contributed by atoms with Crippen LogP contribution in [0.4, 0.5) is 0 Å². The summed E-state index contributed by atoms with van der Waals surface area (Å²) in [5.74, 6) is 1.23. The molecule has 0 spiro atoms. The summed E-state index contributed by atoms with van der Waals surface area (Å²) in [4.78, 5) is 4.80. The summed E-state index contributed by atoms with van der Waals surface area (Å²) in [6.07, 6.45) is 4.55. The van der Waals surface area contributed by atoms with E-state index in [2.05, 4.69) is 41.1 Å². The van der Waals surface area contributed by atoms with Crippen molar-refractivity contribution in [2.24, 2.45) is 0 Å². The predicted octanol–water partition coefficient (Wildman–Crippen LogP) is 3.01. The van der Waals surface area contributed by atoms with Crippen molar-refractivity contribution in [2.75, 3.05) is 26.8 Å². The van der Waals surface area contributed by atoms with E-state index in [4.69, 9.17) is 9.72 Å². The van der Waals surface area contributed by atoms with E-state index in [1.54, 1.807) is 7.11 Å². The minimum absolute atomic E-state index is 0.784. The van der Waals surface area contributed by atoms with Gasteiger partial charge in [0.25, 0.3) is 0 Å². The van der Waals surface area contributed by atoms with Crippen LogP contribution in [0.15, 0.2) is 24.3 Å². The van der Waals surface area contributed by atoms with E-state index in [9.17, 15) is 0 Å². The van der Waals surface area contributed by atoms with Gasteiger partial charge in [0.15, 0.2) is 0 Å². The molecule has 0 saturated heterocycles. The first-order chi connectivity index (χ1) is 10.4. The molecule has 1 aromatic heterocycles. The van der Waals surface area contributed by atoms with Crippen molar-refractivity contribution in [2.45, 2.75) is 39.2 Å². The third-order valence-electron chi connectivity index (χ3n) is 3.67. The minimum atomic E-state index is 0.784. The zero-order chi connectivity index (χ0) is 14.9. The molecule has 1 heterocycles. The molecule has 2 aromatic rings. The van der Waals surface area contributed by atoms with Crippen LogP contribution in [-0.4, -0.2) is 36.4 Å². The number of ether oxygens (including phenoxy) is 1. The topological polar surface area (TPSA) is 39.1 Å². The quantitative estimate of drug-likeness (QED) is 0.683. The number of para-hydroxylation sites is 2. The molecule has 116 valence electrons. The summed E-state index contributed by atoms with van der Waals surface area (Å²) < 4.78 is 7.40. The van der Waals surface area contributed by atoms with E-state index in [1.165, 1.54) is 24.2 Å². The number of hydrogen-bond acceptors (Lipinski definition) is 3. The highest BCUT2D eigenvalue weighted by Crippen LogP contribution is 2.17. The number of benzene rings is 1. The van der Waals surface area contributed by atoms with Crippen molar-refractivity contribution in [1.82, 2.24) is 14.9 Å². The number of aromatic nitrogens is 2. The number of imidazole rings is 1. The Bertz CT molecular complexity index is 536. The van der Waals surface area contributed by atoms with Gasteiger partial charge in [-0.2, -0.15) is 0 Å². The van der Waals surface area contributed by atoms with Crippen LogP contribution < -0.4 is 5.32 Å². The first-order valence-corrected chi connectivity index (χ1v) is 8.00. The van der Waals surface area contributed by atoms with Crippen LogP contribution >= 0.6 is 0 Å². The van der Waals surface area contributed by atoms with Gasteiger partial charge in [-0.1, -0.05) is 19.1 Å². The smallest absolute Gasteiger partial charge is 0.109 e. The number of aryl methyl sites for hydroxylation is 2. The Morgan fingerprint density at radius 2 is 2.05 bits per heavy atom. The molecule has 0 fully saturated rings. The molecule has 0 unspecified atom stereocenters. The SMILES string of the molecule is CCCn1c(CCCCNCCOC)nc2ccccc21. The molecular formula is C17H27N3O. The lowest BCUT2D eigenvalue weighted by Gasteiger charge is -2.08. The van der Waals surface area contributed by atoms with E-state index in [0.29, 0.717) is 0 Å². The zero-order valence-electron chi connectivity index (χ0n) is 13.3. The predicted molar refractivity (Wildman–Crippen MR) is 87.7 cm³/mol. The molecule has 0 bridgehead atoms. The van der Waals surface area contributed by atoms with Crippen LogP contribution in [0, 0.1) is 0 Å². The first-order valence-electron chi connectivity index (χ1n) is 8.00. The van der Waals surface area contributed by atoms with E-state index in [0.717, 1.165) is 44.6 Å². The maximum Gasteiger partial charge on any atom is 0.109 e. The van der Waals surface area contributed by atoms with Gasteiger partial charge in [-0.25, -0.2) is 4.98 Å². The largest absolute Gasteiger partial charge is 0.383 e. The van der Waals surface area contributed by atoms with Crippen molar-refractivity contribution in [3.05, 3.63) is 30.1 Å². The molecule has 21 heavy (non-hydrogen) atoms. The van der Waals surface area contributed by atoms with Crippen molar-refractivity contribution in [1.29, 1.82) is 0 Å². The Morgan fingerprint density at radius 3 is 2.86 bits per heavy atom. The lowest BCUT2D eigenvalue weighted by molar-refractivity contribution is 0.199. The number of nitrogens with one attached hydrogen (secondary N) is 1. The molecule has 1 aromatic carbocycles. The summed E-state index contributed by atoms with van der Waals surface area (Å²) >= 11 is 0. The molecule has 2 rings (SSSR count). The van der Waals surface area contributed by atoms with Crippen LogP contribution in [0.1, 0.15) is 32.0 Å². The monoisotopic (exact) mass is 289 g/mol.